The molecule has 0 spiro atoms. The van der Waals surface area contributed by atoms with Crippen LogP contribution in [0.25, 0.3) is 6.08 Å². The van der Waals surface area contributed by atoms with Crippen LogP contribution in [-0.2, 0) is 22.4 Å². The Hall–Kier alpha value is -2.08. The monoisotopic (exact) mass is 426 g/mol. The average molecular weight is 427 g/mol. The Labute approximate surface area is 180 Å². The van der Waals surface area contributed by atoms with E-state index < -0.39 is 0 Å². The van der Waals surface area contributed by atoms with Crippen molar-refractivity contribution in [2.24, 2.45) is 4.99 Å². The number of hydrogen-bond acceptors (Lipinski definition) is 4. The molecule has 4 nitrogen and oxygen atoms in total. The summed E-state index contributed by atoms with van der Waals surface area (Å²) < 4.78 is 5.16. The second-order valence-corrected chi connectivity index (χ2v) is 8.61. The van der Waals surface area contributed by atoms with Gasteiger partial charge in [-0.2, -0.15) is 0 Å². The Morgan fingerprint density at radius 3 is 2.76 bits per heavy atom. The average Bonchev–Trinajstić information content (AvgIpc) is 3.29. The number of hydrogen-bond donors (Lipinski definition) is 0. The molecule has 0 saturated carbocycles. The molecule has 0 bridgehead atoms. The zero-order chi connectivity index (χ0) is 20.2. The van der Waals surface area contributed by atoms with Crippen LogP contribution in [-0.4, -0.2) is 36.2 Å². The lowest BCUT2D eigenvalue weighted by Gasteiger charge is -2.15. The van der Waals surface area contributed by atoms with Gasteiger partial charge >= 0.3 is 0 Å². The number of amides is 1. The fraction of sp³-hybridized carbons (Fsp3) is 0.304. The standard InChI is InChI=1S/C23H23ClN2O2S/c1-28-13-3-12-26-22(27)21(14-16-6-9-19(24)10-7-16)29-23(26)25-20-11-8-17-4-2-5-18(17)15-20/h6-11,14-15H,2-5,12-13H2,1H3/b21-14+,25-23?. The van der Waals surface area contributed by atoms with E-state index in [-0.39, 0.29) is 5.91 Å². The minimum absolute atomic E-state index is 0.0130. The van der Waals surface area contributed by atoms with E-state index in [4.69, 9.17) is 21.3 Å². The van der Waals surface area contributed by atoms with E-state index in [1.807, 2.05) is 30.3 Å². The van der Waals surface area contributed by atoms with E-state index in [0.717, 1.165) is 35.7 Å². The molecule has 1 heterocycles. The highest BCUT2D eigenvalue weighted by molar-refractivity contribution is 8.18. The smallest absolute Gasteiger partial charge is 0.266 e. The van der Waals surface area contributed by atoms with Crippen molar-refractivity contribution in [2.75, 3.05) is 20.3 Å². The number of aliphatic imine (C=N–C) groups is 1. The van der Waals surface area contributed by atoms with Crippen LogP contribution < -0.4 is 0 Å². The molecule has 150 valence electrons. The Balaban J connectivity index is 1.62. The van der Waals surface area contributed by atoms with E-state index in [2.05, 4.69) is 18.2 Å². The largest absolute Gasteiger partial charge is 0.385 e. The van der Waals surface area contributed by atoms with Crippen molar-refractivity contribution >= 4 is 46.2 Å². The van der Waals surface area contributed by atoms with Crippen molar-refractivity contribution in [1.82, 2.24) is 4.90 Å². The Bertz CT molecular complexity index is 969. The Kier molecular flexibility index (Phi) is 6.38. The molecule has 0 radical (unpaired) electrons. The van der Waals surface area contributed by atoms with Crippen LogP contribution in [0.4, 0.5) is 5.69 Å². The van der Waals surface area contributed by atoms with Gasteiger partial charge in [-0.1, -0.05) is 29.8 Å². The number of aryl methyl sites for hydroxylation is 2. The summed E-state index contributed by atoms with van der Waals surface area (Å²) in [5, 5.41) is 1.40. The molecule has 0 N–H and O–H groups in total. The number of nitrogens with zero attached hydrogens (tertiary/aromatic N) is 2. The van der Waals surface area contributed by atoms with Crippen LogP contribution in [0, 0.1) is 0 Å². The van der Waals surface area contributed by atoms with E-state index in [9.17, 15) is 4.79 Å². The molecule has 1 amide bonds. The molecule has 0 aromatic heterocycles. The van der Waals surface area contributed by atoms with Gasteiger partial charge in [-0.3, -0.25) is 9.69 Å². The topological polar surface area (TPSA) is 41.9 Å². The van der Waals surface area contributed by atoms with Crippen molar-refractivity contribution in [1.29, 1.82) is 0 Å². The molecule has 2 aromatic rings. The number of rotatable bonds is 6. The first-order chi connectivity index (χ1) is 14.1. The van der Waals surface area contributed by atoms with Crippen LogP contribution in [0.1, 0.15) is 29.5 Å². The molecule has 1 fully saturated rings. The highest BCUT2D eigenvalue weighted by atomic mass is 35.5. The Morgan fingerprint density at radius 1 is 1.17 bits per heavy atom. The van der Waals surface area contributed by atoms with Gasteiger partial charge in [0.15, 0.2) is 5.17 Å². The second-order valence-electron chi connectivity index (χ2n) is 7.17. The van der Waals surface area contributed by atoms with Crippen molar-refractivity contribution in [2.45, 2.75) is 25.7 Å². The minimum Gasteiger partial charge on any atom is -0.385 e. The lowest BCUT2D eigenvalue weighted by Crippen LogP contribution is -2.30. The third-order valence-corrected chi connectivity index (χ3v) is 6.35. The summed E-state index contributed by atoms with van der Waals surface area (Å²) in [6, 6.07) is 13.9. The molecule has 1 saturated heterocycles. The fourth-order valence-corrected chi connectivity index (χ4v) is 4.75. The summed E-state index contributed by atoms with van der Waals surface area (Å²) in [5.74, 6) is -0.0130. The fourth-order valence-electron chi connectivity index (χ4n) is 3.60. The van der Waals surface area contributed by atoms with Gasteiger partial charge < -0.3 is 4.74 Å². The normalized spacial score (nSPS) is 18.8. The maximum atomic E-state index is 13.0. The van der Waals surface area contributed by atoms with Gasteiger partial charge in [0.2, 0.25) is 0 Å². The molecule has 0 unspecified atom stereocenters. The number of methoxy groups -OCH3 is 1. The first-order valence-corrected chi connectivity index (χ1v) is 11.0. The lowest BCUT2D eigenvalue weighted by atomic mass is 10.1. The molecule has 29 heavy (non-hydrogen) atoms. The maximum absolute atomic E-state index is 13.0. The minimum atomic E-state index is -0.0130. The van der Waals surface area contributed by atoms with Gasteiger partial charge in [-0.05, 0) is 84.5 Å². The third kappa shape index (κ3) is 4.74. The Morgan fingerprint density at radius 2 is 1.97 bits per heavy atom. The molecule has 6 heteroatoms. The zero-order valence-corrected chi connectivity index (χ0v) is 17.9. The van der Waals surface area contributed by atoms with Crippen molar-refractivity contribution in [3.63, 3.8) is 0 Å². The SMILES string of the molecule is COCCCN1C(=O)/C(=C\c2ccc(Cl)cc2)SC1=Nc1ccc2c(c1)CCC2. The third-order valence-electron chi connectivity index (χ3n) is 5.09. The van der Waals surface area contributed by atoms with Gasteiger partial charge in [0.25, 0.3) is 5.91 Å². The van der Waals surface area contributed by atoms with Crippen LogP contribution >= 0.6 is 23.4 Å². The molecular weight excluding hydrogens is 404 g/mol. The van der Waals surface area contributed by atoms with E-state index in [0.29, 0.717) is 23.1 Å². The lowest BCUT2D eigenvalue weighted by molar-refractivity contribution is -0.122. The molecule has 2 aliphatic rings. The quantitative estimate of drug-likeness (QED) is 0.454. The zero-order valence-electron chi connectivity index (χ0n) is 16.4. The van der Waals surface area contributed by atoms with Crippen molar-refractivity contribution in [3.8, 4) is 0 Å². The van der Waals surface area contributed by atoms with Crippen LogP contribution in [0.3, 0.4) is 0 Å². The maximum Gasteiger partial charge on any atom is 0.266 e. The molecule has 0 atom stereocenters. The molecule has 1 aliphatic carbocycles. The first kappa shape index (κ1) is 20.2. The molecule has 2 aromatic carbocycles. The summed E-state index contributed by atoms with van der Waals surface area (Å²) in [5.41, 5.74) is 4.65. The molecule has 4 rings (SSSR count). The van der Waals surface area contributed by atoms with Gasteiger partial charge in [0, 0.05) is 25.3 Å². The highest BCUT2D eigenvalue weighted by Gasteiger charge is 2.33. The number of carbonyl (C=O) groups excluding carboxylic acids is 1. The van der Waals surface area contributed by atoms with Gasteiger partial charge in [0.05, 0.1) is 10.6 Å². The summed E-state index contributed by atoms with van der Waals surface area (Å²) in [6.07, 6.45) is 6.13. The summed E-state index contributed by atoms with van der Waals surface area (Å²) in [6.45, 7) is 1.19. The molecular formula is C23H23ClN2O2S. The molecule has 1 aliphatic heterocycles. The second kappa shape index (κ2) is 9.16. The first-order valence-electron chi connectivity index (χ1n) is 9.80. The highest BCUT2D eigenvalue weighted by Crippen LogP contribution is 2.35. The van der Waals surface area contributed by atoms with E-state index >= 15 is 0 Å². The number of ether oxygens (including phenoxy) is 1. The van der Waals surface area contributed by atoms with Gasteiger partial charge in [-0.15, -0.1) is 0 Å². The number of halogens is 1. The summed E-state index contributed by atoms with van der Waals surface area (Å²) in [7, 11) is 1.67. The van der Waals surface area contributed by atoms with Crippen LogP contribution in [0.5, 0.6) is 0 Å². The predicted molar refractivity (Wildman–Crippen MR) is 121 cm³/mol. The summed E-state index contributed by atoms with van der Waals surface area (Å²) in [4.78, 5) is 20.3. The number of thioether (sulfide) groups is 1. The van der Waals surface area contributed by atoms with Gasteiger partial charge in [-0.25, -0.2) is 4.99 Å². The number of benzene rings is 2. The van der Waals surface area contributed by atoms with Crippen LogP contribution in [0.15, 0.2) is 52.4 Å². The van der Waals surface area contributed by atoms with Crippen molar-refractivity contribution < 1.29 is 9.53 Å². The van der Waals surface area contributed by atoms with Crippen LogP contribution in [0.2, 0.25) is 5.02 Å². The number of carbonyl (C=O) groups is 1. The van der Waals surface area contributed by atoms with E-state index in [1.165, 1.54) is 29.3 Å². The van der Waals surface area contributed by atoms with Crippen molar-refractivity contribution in [3.05, 3.63) is 69.1 Å². The summed E-state index contributed by atoms with van der Waals surface area (Å²) >= 11 is 7.40. The van der Waals surface area contributed by atoms with Gasteiger partial charge in [0.1, 0.15) is 0 Å². The predicted octanol–water partition coefficient (Wildman–Crippen LogP) is 5.47. The van der Waals surface area contributed by atoms with E-state index in [1.54, 1.807) is 12.0 Å². The number of fused-ring (bicyclic) bond motifs is 1. The number of amidine groups is 1.